The Morgan fingerprint density at radius 3 is 1.18 bits per heavy atom. The highest BCUT2D eigenvalue weighted by Crippen LogP contribution is 2.37. The van der Waals surface area contributed by atoms with E-state index in [2.05, 4.69) is 82.8 Å². The van der Waals surface area contributed by atoms with Gasteiger partial charge in [0.2, 0.25) is 0 Å². The molecule has 0 radical (unpaired) electrons. The van der Waals surface area contributed by atoms with Gasteiger partial charge >= 0.3 is 0 Å². The van der Waals surface area contributed by atoms with Crippen molar-refractivity contribution in [3.63, 3.8) is 0 Å². The summed E-state index contributed by atoms with van der Waals surface area (Å²) in [7, 11) is 0. The van der Waals surface area contributed by atoms with Crippen LogP contribution in [0.3, 0.4) is 0 Å². The van der Waals surface area contributed by atoms with E-state index in [4.69, 9.17) is 8.83 Å². The SMILES string of the molecule is c1ccc2c(c1)[nH]c1c2ccc2c3ccccc3oc21.c1ccc2c(c1)[nH]c1c2ccc2c3ccccc3oc21. The Bertz CT molecular complexity index is 2200. The summed E-state index contributed by atoms with van der Waals surface area (Å²) in [6, 6.07) is 41.7. The van der Waals surface area contributed by atoms with Crippen molar-refractivity contribution in [2.45, 2.75) is 0 Å². The maximum absolute atomic E-state index is 6.06. The number of furan rings is 2. The Morgan fingerprint density at radius 1 is 0.325 bits per heavy atom. The Morgan fingerprint density at radius 2 is 0.700 bits per heavy atom. The van der Waals surface area contributed by atoms with Crippen molar-refractivity contribution in [2.75, 3.05) is 0 Å². The Labute approximate surface area is 227 Å². The molecule has 0 amide bonds. The number of para-hydroxylation sites is 4. The molecule has 4 nitrogen and oxygen atoms in total. The molecule has 188 valence electrons. The van der Waals surface area contributed by atoms with Crippen molar-refractivity contribution in [3.8, 4) is 0 Å². The third-order valence-corrected chi connectivity index (χ3v) is 8.05. The monoisotopic (exact) mass is 514 g/mol. The lowest BCUT2D eigenvalue weighted by atomic mass is 10.1. The van der Waals surface area contributed by atoms with E-state index in [0.717, 1.165) is 44.4 Å². The van der Waals surface area contributed by atoms with Gasteiger partial charge in [0.1, 0.15) is 11.2 Å². The number of aromatic amines is 2. The Balaban J connectivity index is 0.000000115. The van der Waals surface area contributed by atoms with Gasteiger partial charge in [0.05, 0.1) is 11.0 Å². The van der Waals surface area contributed by atoms with Crippen molar-refractivity contribution >= 4 is 87.5 Å². The van der Waals surface area contributed by atoms with Crippen molar-refractivity contribution in [2.24, 2.45) is 0 Å². The molecule has 4 heterocycles. The van der Waals surface area contributed by atoms with Crippen LogP contribution in [-0.4, -0.2) is 9.97 Å². The number of aromatic nitrogens is 2. The number of hydrogen-bond donors (Lipinski definition) is 2. The molecule has 0 fully saturated rings. The lowest BCUT2D eigenvalue weighted by Gasteiger charge is -1.92. The molecule has 0 unspecified atom stereocenters. The number of H-pyrrole nitrogens is 2. The first-order valence-corrected chi connectivity index (χ1v) is 13.4. The lowest BCUT2D eigenvalue weighted by molar-refractivity contribution is 0.671. The van der Waals surface area contributed by atoms with Gasteiger partial charge in [-0.05, 0) is 36.4 Å². The normalized spacial score (nSPS) is 12.0. The first-order chi connectivity index (χ1) is 19.8. The van der Waals surface area contributed by atoms with E-state index >= 15 is 0 Å². The van der Waals surface area contributed by atoms with Crippen LogP contribution in [0.25, 0.3) is 87.5 Å². The number of hydrogen-bond acceptors (Lipinski definition) is 2. The summed E-state index contributed by atoms with van der Waals surface area (Å²) in [5.41, 5.74) is 8.23. The summed E-state index contributed by atoms with van der Waals surface area (Å²) in [6.07, 6.45) is 0. The molecule has 0 bridgehead atoms. The van der Waals surface area contributed by atoms with E-state index in [9.17, 15) is 0 Å². The van der Waals surface area contributed by atoms with Crippen LogP contribution in [0, 0.1) is 0 Å². The van der Waals surface area contributed by atoms with Crippen molar-refractivity contribution in [1.29, 1.82) is 0 Å². The summed E-state index contributed by atoms with van der Waals surface area (Å²) in [5.74, 6) is 0. The van der Waals surface area contributed by atoms with Gasteiger partial charge in [-0.15, -0.1) is 0 Å². The smallest absolute Gasteiger partial charge is 0.159 e. The molecule has 4 heteroatoms. The zero-order valence-electron chi connectivity index (χ0n) is 21.4. The fourth-order valence-corrected chi connectivity index (χ4v) is 6.20. The number of nitrogens with one attached hydrogen (secondary N) is 2. The van der Waals surface area contributed by atoms with E-state index in [1.807, 2.05) is 48.5 Å². The molecule has 0 aliphatic rings. The third kappa shape index (κ3) is 2.96. The molecule has 0 atom stereocenters. The van der Waals surface area contributed by atoms with Gasteiger partial charge in [0.25, 0.3) is 0 Å². The second kappa shape index (κ2) is 8.01. The molecule has 0 saturated heterocycles. The predicted molar refractivity (Wildman–Crippen MR) is 166 cm³/mol. The highest BCUT2D eigenvalue weighted by Gasteiger charge is 2.14. The zero-order valence-corrected chi connectivity index (χ0v) is 21.4. The summed E-state index contributed by atoms with van der Waals surface area (Å²) in [6.45, 7) is 0. The van der Waals surface area contributed by atoms with Crippen molar-refractivity contribution < 1.29 is 8.83 Å². The minimum atomic E-state index is 0.939. The minimum absolute atomic E-state index is 0.939. The van der Waals surface area contributed by atoms with Gasteiger partial charge in [-0.1, -0.05) is 84.9 Å². The molecule has 2 N–H and O–H groups in total. The van der Waals surface area contributed by atoms with Crippen LogP contribution < -0.4 is 0 Å². The number of benzene rings is 6. The molecule has 6 aromatic carbocycles. The molecular formula is C36H22N2O2. The van der Waals surface area contributed by atoms with Gasteiger partial charge in [-0.3, -0.25) is 0 Å². The maximum atomic E-state index is 6.06. The van der Waals surface area contributed by atoms with Crippen LogP contribution in [0.2, 0.25) is 0 Å². The molecule has 0 spiro atoms. The molecule has 0 aliphatic heterocycles. The molecule has 10 aromatic rings. The minimum Gasteiger partial charge on any atom is -0.454 e. The lowest BCUT2D eigenvalue weighted by Crippen LogP contribution is -1.69. The Kier molecular flexibility index (Phi) is 4.30. The molecule has 40 heavy (non-hydrogen) atoms. The van der Waals surface area contributed by atoms with Crippen LogP contribution in [0.15, 0.2) is 130 Å². The van der Waals surface area contributed by atoms with Crippen LogP contribution in [0.1, 0.15) is 0 Å². The molecule has 4 aromatic heterocycles. The first-order valence-electron chi connectivity index (χ1n) is 13.4. The predicted octanol–water partition coefficient (Wildman–Crippen LogP) is 10.4. The second-order valence-electron chi connectivity index (χ2n) is 10.3. The van der Waals surface area contributed by atoms with E-state index in [0.29, 0.717) is 0 Å². The van der Waals surface area contributed by atoms with Gasteiger partial charge in [-0.2, -0.15) is 0 Å². The highest BCUT2D eigenvalue weighted by atomic mass is 16.3. The zero-order chi connectivity index (χ0) is 26.2. The van der Waals surface area contributed by atoms with E-state index in [1.54, 1.807) is 0 Å². The van der Waals surface area contributed by atoms with Crippen LogP contribution >= 0.6 is 0 Å². The van der Waals surface area contributed by atoms with Gasteiger partial charge in [-0.25, -0.2) is 0 Å². The van der Waals surface area contributed by atoms with Crippen LogP contribution in [0.5, 0.6) is 0 Å². The summed E-state index contributed by atoms with van der Waals surface area (Å²) < 4.78 is 12.1. The maximum Gasteiger partial charge on any atom is 0.159 e. The molecular weight excluding hydrogens is 492 g/mol. The summed E-state index contributed by atoms with van der Waals surface area (Å²) in [4.78, 5) is 6.98. The Hall–Kier alpha value is -5.48. The number of fused-ring (bicyclic) bond motifs is 14. The van der Waals surface area contributed by atoms with Crippen molar-refractivity contribution in [3.05, 3.63) is 121 Å². The summed E-state index contributed by atoms with van der Waals surface area (Å²) in [5, 5.41) is 9.58. The molecule has 10 rings (SSSR count). The van der Waals surface area contributed by atoms with Gasteiger partial charge in [0, 0.05) is 54.1 Å². The average molecular weight is 515 g/mol. The van der Waals surface area contributed by atoms with Gasteiger partial charge in [0.15, 0.2) is 11.2 Å². The van der Waals surface area contributed by atoms with Gasteiger partial charge < -0.3 is 18.8 Å². The standard InChI is InChI=1S/2C18H11NO/c2*1-3-7-15-11(5-1)13-9-10-14-12-6-2-4-8-16(12)20-18(14)17(13)19-15/h2*1-10,19H. The fraction of sp³-hybridized carbons (Fsp3) is 0. The van der Waals surface area contributed by atoms with Crippen LogP contribution in [0.4, 0.5) is 0 Å². The average Bonchev–Trinajstić information content (AvgIpc) is 3.76. The van der Waals surface area contributed by atoms with E-state index < -0.39 is 0 Å². The first kappa shape index (κ1) is 21.5. The van der Waals surface area contributed by atoms with E-state index in [-0.39, 0.29) is 0 Å². The summed E-state index contributed by atoms with van der Waals surface area (Å²) >= 11 is 0. The highest BCUT2D eigenvalue weighted by molar-refractivity contribution is 6.21. The fourth-order valence-electron chi connectivity index (χ4n) is 6.20. The molecule has 0 aliphatic carbocycles. The molecule has 0 saturated carbocycles. The largest absolute Gasteiger partial charge is 0.454 e. The van der Waals surface area contributed by atoms with Crippen LogP contribution in [-0.2, 0) is 0 Å². The second-order valence-corrected chi connectivity index (χ2v) is 10.3. The topological polar surface area (TPSA) is 57.9 Å². The van der Waals surface area contributed by atoms with Crippen molar-refractivity contribution in [1.82, 2.24) is 9.97 Å². The van der Waals surface area contributed by atoms with E-state index in [1.165, 1.54) is 43.1 Å². The number of rotatable bonds is 0. The third-order valence-electron chi connectivity index (χ3n) is 8.05. The quantitative estimate of drug-likeness (QED) is 0.211.